The van der Waals surface area contributed by atoms with Gasteiger partial charge in [-0.3, -0.25) is 0 Å². The Morgan fingerprint density at radius 2 is 1.37 bits per heavy atom. The lowest BCUT2D eigenvalue weighted by Gasteiger charge is -2.44. The summed E-state index contributed by atoms with van der Waals surface area (Å²) in [6.45, 7) is 35.3. The zero-order chi connectivity index (χ0) is 35.7. The van der Waals surface area contributed by atoms with Crippen molar-refractivity contribution >= 4 is 16.6 Å². The smallest absolute Gasteiger partial charge is 0.192 e. The van der Waals surface area contributed by atoms with Crippen LogP contribution in [0.3, 0.4) is 0 Å². The lowest BCUT2D eigenvalue weighted by atomic mass is 9.83. The maximum atomic E-state index is 10.7. The molecule has 0 fully saturated rings. The van der Waals surface area contributed by atoms with Gasteiger partial charge in [0, 0.05) is 24.4 Å². The molecule has 0 amide bonds. The van der Waals surface area contributed by atoms with E-state index in [1.165, 1.54) is 0 Å². The first-order chi connectivity index (χ1) is 21.0. The summed E-state index contributed by atoms with van der Waals surface area (Å²) in [5.74, 6) is 4.33. The van der Waals surface area contributed by atoms with Crippen LogP contribution in [0.1, 0.15) is 101 Å². The van der Waals surface area contributed by atoms with Crippen LogP contribution >= 0.6 is 0 Å². The van der Waals surface area contributed by atoms with Gasteiger partial charge in [-0.25, -0.2) is 0 Å². The fraction of sp³-hybridized carbons (Fsp3) is 0.795. The van der Waals surface area contributed by atoms with Crippen molar-refractivity contribution < 1.29 is 23.4 Å². The van der Waals surface area contributed by atoms with Crippen molar-refractivity contribution in [1.29, 1.82) is 0 Å². The Labute approximate surface area is 287 Å². The Kier molecular flexibility index (Phi) is 16.8. The average molecular weight is 677 g/mol. The third-order valence-corrected chi connectivity index (χ3v) is 20.1. The van der Waals surface area contributed by atoms with E-state index in [9.17, 15) is 5.11 Å². The van der Waals surface area contributed by atoms with E-state index in [0.29, 0.717) is 19.1 Å². The topological polar surface area (TPSA) is 57.2 Å². The summed E-state index contributed by atoms with van der Waals surface area (Å²) in [7, 11) is -2.32. The lowest BCUT2D eigenvalue weighted by Crippen LogP contribution is -2.49. The molecule has 0 aliphatic rings. The molecule has 0 unspecified atom stereocenters. The first-order valence-corrected chi connectivity index (χ1v) is 23.5. The quantitative estimate of drug-likeness (QED) is 0.117. The number of methoxy groups -OCH3 is 1. The van der Waals surface area contributed by atoms with Gasteiger partial charge in [-0.05, 0) is 92.0 Å². The zero-order valence-corrected chi connectivity index (χ0v) is 34.6. The van der Waals surface area contributed by atoms with Crippen molar-refractivity contribution in [3.63, 3.8) is 0 Å². The highest BCUT2D eigenvalue weighted by atomic mass is 28.4. The fourth-order valence-electron chi connectivity index (χ4n) is 5.53. The van der Waals surface area contributed by atoms with Gasteiger partial charge in [0.2, 0.25) is 0 Å². The molecule has 1 aromatic carbocycles. The highest BCUT2D eigenvalue weighted by Gasteiger charge is 2.43. The standard InChI is InChI=1S/C39H72O5Si2/c1-18-29(3)36(40)30(4)25-28(2)19-24-35(44-46(16,17)39(10,11)12)32(6)37(31(5)26-43-45(14,15)38(7,8)9)42-27-33-20-22-34(41-13)23-21-33/h1,20-23,28-32,35-37,40H,19,24-27H2,2-17H3/t28-,29-,30-,31-,32-,35+,36-,37-/m0/s1. The SMILES string of the molecule is C#C[C@H](C)[C@H](O)[C@@H](C)C[C@@H](C)CC[C@@H](O[Si](C)(C)C(C)(C)C)[C@H](C)[C@@H](OCc1ccc(OC)cc1)[C@@H](C)CO[Si](C)(C)C(C)(C)C. The molecular formula is C39H72O5Si2. The van der Waals surface area contributed by atoms with Crippen LogP contribution in [0.25, 0.3) is 0 Å². The summed E-state index contributed by atoms with van der Waals surface area (Å²) in [6, 6.07) is 8.15. The Morgan fingerprint density at radius 3 is 1.85 bits per heavy atom. The van der Waals surface area contributed by atoms with Crippen LogP contribution in [0.15, 0.2) is 24.3 Å². The van der Waals surface area contributed by atoms with Crippen molar-refractivity contribution in [3.8, 4) is 18.1 Å². The second-order valence-electron chi connectivity index (χ2n) is 17.3. The van der Waals surface area contributed by atoms with Gasteiger partial charge in [-0.15, -0.1) is 12.3 Å². The van der Waals surface area contributed by atoms with Crippen LogP contribution < -0.4 is 4.74 Å². The average Bonchev–Trinajstić information content (AvgIpc) is 2.96. The largest absolute Gasteiger partial charge is 0.497 e. The first kappa shape index (κ1) is 42.9. The van der Waals surface area contributed by atoms with Gasteiger partial charge >= 0.3 is 0 Å². The van der Waals surface area contributed by atoms with E-state index in [0.717, 1.165) is 30.6 Å². The number of hydrogen-bond donors (Lipinski definition) is 1. The van der Waals surface area contributed by atoms with Crippen molar-refractivity contribution in [2.75, 3.05) is 13.7 Å². The van der Waals surface area contributed by atoms with Crippen molar-refractivity contribution in [3.05, 3.63) is 29.8 Å². The number of benzene rings is 1. The zero-order valence-electron chi connectivity index (χ0n) is 32.6. The summed E-state index contributed by atoms with van der Waals surface area (Å²) in [5.41, 5.74) is 1.12. The summed E-state index contributed by atoms with van der Waals surface area (Å²) < 4.78 is 26.3. The molecular weight excluding hydrogens is 605 g/mol. The predicted molar refractivity (Wildman–Crippen MR) is 201 cm³/mol. The third kappa shape index (κ3) is 13.0. The second kappa shape index (κ2) is 18.0. The van der Waals surface area contributed by atoms with Crippen molar-refractivity contribution in [2.45, 2.75) is 157 Å². The predicted octanol–water partition coefficient (Wildman–Crippen LogP) is 10.3. The van der Waals surface area contributed by atoms with Crippen LogP contribution in [0.5, 0.6) is 5.75 Å². The highest BCUT2D eigenvalue weighted by molar-refractivity contribution is 6.74. The van der Waals surface area contributed by atoms with Crippen LogP contribution in [-0.2, 0) is 20.2 Å². The van der Waals surface area contributed by atoms with Gasteiger partial charge in [0.1, 0.15) is 5.75 Å². The Hall–Kier alpha value is -1.15. The van der Waals surface area contributed by atoms with E-state index in [4.69, 9.17) is 24.7 Å². The molecule has 0 heterocycles. The van der Waals surface area contributed by atoms with E-state index in [2.05, 4.69) is 113 Å². The van der Waals surface area contributed by atoms with Gasteiger partial charge in [0.05, 0.1) is 32.0 Å². The van der Waals surface area contributed by atoms with Gasteiger partial charge in [0.25, 0.3) is 0 Å². The molecule has 0 saturated carbocycles. The number of aliphatic hydroxyl groups is 1. The molecule has 0 spiro atoms. The monoisotopic (exact) mass is 676 g/mol. The van der Waals surface area contributed by atoms with E-state index < -0.39 is 22.7 Å². The molecule has 0 bridgehead atoms. The van der Waals surface area contributed by atoms with Crippen LogP contribution in [-0.4, -0.2) is 53.8 Å². The second-order valence-corrected chi connectivity index (χ2v) is 26.9. The number of rotatable bonds is 19. The number of aliphatic hydroxyl groups excluding tert-OH is 1. The minimum Gasteiger partial charge on any atom is -0.497 e. The molecule has 8 atom stereocenters. The fourth-order valence-corrected chi connectivity index (χ4v) is 8.08. The van der Waals surface area contributed by atoms with E-state index in [1.54, 1.807) is 7.11 Å². The van der Waals surface area contributed by atoms with Gasteiger partial charge in [-0.2, -0.15) is 0 Å². The highest BCUT2D eigenvalue weighted by Crippen LogP contribution is 2.41. The minimum atomic E-state index is -2.08. The van der Waals surface area contributed by atoms with E-state index in [1.807, 2.05) is 19.1 Å². The molecule has 0 saturated heterocycles. The lowest BCUT2D eigenvalue weighted by molar-refractivity contribution is -0.0726. The Balaban J connectivity index is 3.34. The van der Waals surface area contributed by atoms with Crippen molar-refractivity contribution in [1.82, 2.24) is 0 Å². The normalized spacial score (nSPS) is 18.5. The molecule has 0 aromatic heterocycles. The van der Waals surface area contributed by atoms with Crippen molar-refractivity contribution in [2.24, 2.45) is 29.6 Å². The van der Waals surface area contributed by atoms with E-state index in [-0.39, 0.29) is 46.0 Å². The summed E-state index contributed by atoms with van der Waals surface area (Å²) in [5, 5.41) is 11.0. The Bertz CT molecular complexity index is 1050. The molecule has 5 nitrogen and oxygen atoms in total. The van der Waals surface area contributed by atoms with Gasteiger partial charge in [-0.1, -0.05) is 81.4 Å². The number of terminal acetylenes is 1. The molecule has 1 N–H and O–H groups in total. The Morgan fingerprint density at radius 1 is 0.826 bits per heavy atom. The molecule has 46 heavy (non-hydrogen) atoms. The van der Waals surface area contributed by atoms with Crippen LogP contribution in [0.2, 0.25) is 36.3 Å². The minimum absolute atomic E-state index is 0.0457. The van der Waals surface area contributed by atoms with Gasteiger partial charge in [0.15, 0.2) is 16.6 Å². The molecule has 0 aliphatic carbocycles. The summed E-state index contributed by atoms with van der Waals surface area (Å²) in [4.78, 5) is 0. The summed E-state index contributed by atoms with van der Waals surface area (Å²) >= 11 is 0. The first-order valence-electron chi connectivity index (χ1n) is 17.7. The molecule has 7 heteroatoms. The molecule has 1 rings (SSSR count). The maximum absolute atomic E-state index is 10.7. The molecule has 266 valence electrons. The number of ether oxygens (including phenoxy) is 2. The maximum Gasteiger partial charge on any atom is 0.192 e. The number of hydrogen-bond acceptors (Lipinski definition) is 5. The third-order valence-electron chi connectivity index (χ3n) is 11.1. The molecule has 0 radical (unpaired) electrons. The van der Waals surface area contributed by atoms with Gasteiger partial charge < -0.3 is 23.4 Å². The molecule has 1 aromatic rings. The van der Waals surface area contributed by atoms with Crippen LogP contribution in [0, 0.1) is 41.9 Å². The summed E-state index contributed by atoms with van der Waals surface area (Å²) in [6.07, 6.45) is 8.03. The van der Waals surface area contributed by atoms with E-state index >= 15 is 0 Å². The molecule has 0 aliphatic heterocycles. The van der Waals surface area contributed by atoms with Crippen LogP contribution in [0.4, 0.5) is 0 Å².